The van der Waals surface area contributed by atoms with Gasteiger partial charge in [-0.05, 0) is 55.7 Å². The molecule has 164 valence electrons. The van der Waals surface area contributed by atoms with E-state index < -0.39 is 0 Å². The molecule has 4 rings (SSSR count). The van der Waals surface area contributed by atoms with E-state index in [2.05, 4.69) is 16.6 Å². The predicted molar refractivity (Wildman–Crippen MR) is 132 cm³/mol. The van der Waals surface area contributed by atoms with Crippen molar-refractivity contribution in [3.05, 3.63) is 82.6 Å². The number of imidazole rings is 1. The molecular weight excluding hydrogens is 441 g/mol. The third kappa shape index (κ3) is 4.82. The summed E-state index contributed by atoms with van der Waals surface area (Å²) in [6.45, 7) is 4.07. The van der Waals surface area contributed by atoms with Crippen LogP contribution in [0, 0.1) is 0 Å². The first-order valence-corrected chi connectivity index (χ1v) is 11.5. The third-order valence-electron chi connectivity index (χ3n) is 5.63. The number of aromatic nitrogens is 2. The number of carbonyl (C=O) groups is 1. The van der Waals surface area contributed by atoms with E-state index in [4.69, 9.17) is 28.2 Å². The maximum absolute atomic E-state index is 12.5. The number of nitrogens with zero attached hydrogens (tertiary/aromatic N) is 2. The number of hydrogen-bond acceptors (Lipinski definition) is 2. The van der Waals surface area contributed by atoms with Crippen molar-refractivity contribution in [2.75, 3.05) is 0 Å². The minimum Gasteiger partial charge on any atom is -0.354 e. The molecule has 1 atom stereocenters. The fourth-order valence-electron chi connectivity index (χ4n) is 3.71. The van der Waals surface area contributed by atoms with E-state index in [-0.39, 0.29) is 11.9 Å². The molecule has 2 heterocycles. The fraction of sp³-hybridized carbons (Fsp3) is 0.231. The molecule has 0 spiro atoms. The topological polar surface area (TPSA) is 46.4 Å². The van der Waals surface area contributed by atoms with Crippen LogP contribution in [0.4, 0.5) is 0 Å². The Morgan fingerprint density at radius 2 is 1.75 bits per heavy atom. The van der Waals surface area contributed by atoms with E-state index >= 15 is 0 Å². The van der Waals surface area contributed by atoms with Crippen LogP contribution < -0.4 is 5.32 Å². The number of aryl methyl sites for hydroxylation is 1. The first-order valence-electron chi connectivity index (χ1n) is 10.8. The zero-order valence-corrected chi connectivity index (χ0v) is 19.6. The summed E-state index contributed by atoms with van der Waals surface area (Å²) < 4.78 is 2.07. The average Bonchev–Trinajstić information content (AvgIpc) is 3.16. The Balaban J connectivity index is 1.77. The van der Waals surface area contributed by atoms with Crippen molar-refractivity contribution in [1.82, 2.24) is 14.7 Å². The molecule has 4 aromatic rings. The van der Waals surface area contributed by atoms with Crippen molar-refractivity contribution >= 4 is 34.8 Å². The molecule has 0 unspecified atom stereocenters. The number of nitrogens with one attached hydrogen (secondary N) is 1. The van der Waals surface area contributed by atoms with Crippen LogP contribution in [0.25, 0.3) is 28.0 Å². The normalized spacial score (nSPS) is 12.1. The summed E-state index contributed by atoms with van der Waals surface area (Å²) in [5.41, 5.74) is 5.58. The molecule has 0 aliphatic rings. The molecule has 1 N–H and O–H groups in total. The van der Waals surface area contributed by atoms with Gasteiger partial charge in [0.1, 0.15) is 5.65 Å². The lowest BCUT2D eigenvalue weighted by atomic mass is 10.1. The highest BCUT2D eigenvalue weighted by atomic mass is 35.5. The highest BCUT2D eigenvalue weighted by Crippen LogP contribution is 2.31. The van der Waals surface area contributed by atoms with Gasteiger partial charge in [-0.25, -0.2) is 4.98 Å². The molecule has 0 radical (unpaired) electrons. The van der Waals surface area contributed by atoms with Crippen molar-refractivity contribution < 1.29 is 4.79 Å². The van der Waals surface area contributed by atoms with Gasteiger partial charge in [-0.1, -0.05) is 60.5 Å². The fourth-order valence-corrected chi connectivity index (χ4v) is 4.08. The van der Waals surface area contributed by atoms with Crippen molar-refractivity contribution in [1.29, 1.82) is 0 Å². The highest BCUT2D eigenvalue weighted by molar-refractivity contribution is 6.33. The summed E-state index contributed by atoms with van der Waals surface area (Å²) >= 11 is 12.5. The van der Waals surface area contributed by atoms with Gasteiger partial charge in [-0.3, -0.25) is 4.79 Å². The largest absolute Gasteiger partial charge is 0.354 e. The smallest absolute Gasteiger partial charge is 0.220 e. The van der Waals surface area contributed by atoms with Crippen LogP contribution in [0.2, 0.25) is 10.0 Å². The van der Waals surface area contributed by atoms with E-state index in [0.29, 0.717) is 22.9 Å². The van der Waals surface area contributed by atoms with E-state index in [9.17, 15) is 4.79 Å². The van der Waals surface area contributed by atoms with Gasteiger partial charge < -0.3 is 9.72 Å². The lowest BCUT2D eigenvalue weighted by molar-refractivity contribution is -0.121. The second-order valence-electron chi connectivity index (χ2n) is 7.92. The predicted octanol–water partition coefficient (Wildman–Crippen LogP) is 6.82. The molecule has 4 nitrogen and oxygen atoms in total. The zero-order valence-electron chi connectivity index (χ0n) is 18.1. The van der Waals surface area contributed by atoms with Crippen LogP contribution in [-0.4, -0.2) is 21.3 Å². The SMILES string of the molecule is CC[C@@H](C)NC(=O)CCc1c(-c2ccc(Cl)cc2)nc2ccc(-c3ccccc3Cl)cn12. The van der Waals surface area contributed by atoms with Gasteiger partial charge in [0.2, 0.25) is 5.91 Å². The van der Waals surface area contributed by atoms with Crippen LogP contribution in [0.3, 0.4) is 0 Å². The summed E-state index contributed by atoms with van der Waals surface area (Å²) in [5, 5.41) is 4.42. The molecule has 2 aromatic carbocycles. The van der Waals surface area contributed by atoms with Crippen molar-refractivity contribution in [2.45, 2.75) is 39.2 Å². The van der Waals surface area contributed by atoms with E-state index in [1.165, 1.54) is 0 Å². The van der Waals surface area contributed by atoms with Gasteiger partial charge in [-0.15, -0.1) is 0 Å². The maximum atomic E-state index is 12.5. The summed E-state index contributed by atoms with van der Waals surface area (Å²) in [6, 6.07) is 19.6. The number of halogens is 2. The van der Waals surface area contributed by atoms with Gasteiger partial charge in [0.25, 0.3) is 0 Å². The molecule has 0 aliphatic heterocycles. The lowest BCUT2D eigenvalue weighted by Gasteiger charge is -2.12. The van der Waals surface area contributed by atoms with Crippen molar-refractivity contribution in [3.8, 4) is 22.4 Å². The van der Waals surface area contributed by atoms with E-state index in [1.54, 1.807) is 0 Å². The van der Waals surface area contributed by atoms with Gasteiger partial charge in [-0.2, -0.15) is 0 Å². The molecular formula is C26H25Cl2N3O. The Hall–Kier alpha value is -2.82. The summed E-state index contributed by atoms with van der Waals surface area (Å²) in [6.07, 6.45) is 3.89. The van der Waals surface area contributed by atoms with Crippen molar-refractivity contribution in [3.63, 3.8) is 0 Å². The molecule has 2 aromatic heterocycles. The van der Waals surface area contributed by atoms with Gasteiger partial charge in [0.05, 0.1) is 11.4 Å². The molecule has 0 bridgehead atoms. The van der Waals surface area contributed by atoms with Crippen LogP contribution in [0.1, 0.15) is 32.4 Å². The van der Waals surface area contributed by atoms with Crippen molar-refractivity contribution in [2.24, 2.45) is 0 Å². The van der Waals surface area contributed by atoms with Crippen LogP contribution in [0.15, 0.2) is 66.9 Å². The number of pyridine rings is 1. The molecule has 0 saturated heterocycles. The highest BCUT2D eigenvalue weighted by Gasteiger charge is 2.17. The maximum Gasteiger partial charge on any atom is 0.220 e. The Kier molecular flexibility index (Phi) is 6.83. The summed E-state index contributed by atoms with van der Waals surface area (Å²) in [4.78, 5) is 17.4. The minimum absolute atomic E-state index is 0.0404. The first-order chi connectivity index (χ1) is 15.5. The quantitative estimate of drug-likeness (QED) is 0.325. The molecule has 0 fully saturated rings. The zero-order chi connectivity index (χ0) is 22.7. The number of fused-ring (bicyclic) bond motifs is 1. The number of benzene rings is 2. The summed E-state index contributed by atoms with van der Waals surface area (Å²) in [5.74, 6) is 0.0404. The number of amides is 1. The third-order valence-corrected chi connectivity index (χ3v) is 6.21. The Morgan fingerprint density at radius 3 is 2.47 bits per heavy atom. The second kappa shape index (κ2) is 9.76. The van der Waals surface area contributed by atoms with Gasteiger partial charge in [0.15, 0.2) is 0 Å². The molecule has 0 saturated carbocycles. The number of hydrogen-bond donors (Lipinski definition) is 1. The molecule has 0 aliphatic carbocycles. The second-order valence-corrected chi connectivity index (χ2v) is 8.76. The van der Waals surface area contributed by atoms with E-state index in [0.717, 1.165) is 40.1 Å². The first kappa shape index (κ1) is 22.4. The Morgan fingerprint density at radius 1 is 1.03 bits per heavy atom. The number of rotatable bonds is 7. The van der Waals surface area contributed by atoms with Gasteiger partial charge >= 0.3 is 0 Å². The Bertz CT molecular complexity index is 1250. The summed E-state index contributed by atoms with van der Waals surface area (Å²) in [7, 11) is 0. The van der Waals surface area contributed by atoms with E-state index in [1.807, 2.05) is 73.8 Å². The standard InChI is InChI=1S/C26H25Cl2N3O/c1-3-17(2)29-25(32)15-13-23-26(18-8-11-20(27)12-9-18)30-24-14-10-19(16-31(23)24)21-6-4-5-7-22(21)28/h4-12,14,16-17H,3,13,15H2,1-2H3,(H,29,32)/t17-/m1/s1. The van der Waals surface area contributed by atoms with Crippen LogP contribution in [-0.2, 0) is 11.2 Å². The van der Waals surface area contributed by atoms with Crippen LogP contribution >= 0.6 is 23.2 Å². The van der Waals surface area contributed by atoms with Gasteiger partial charge in [0, 0.05) is 39.8 Å². The average molecular weight is 466 g/mol. The number of carbonyl (C=O) groups excluding carboxylic acids is 1. The van der Waals surface area contributed by atoms with Crippen LogP contribution in [0.5, 0.6) is 0 Å². The molecule has 1 amide bonds. The lowest BCUT2D eigenvalue weighted by Crippen LogP contribution is -2.32. The monoisotopic (exact) mass is 465 g/mol. The molecule has 32 heavy (non-hydrogen) atoms. The minimum atomic E-state index is 0.0404. The Labute approximate surface area is 198 Å². The molecule has 6 heteroatoms.